The molecule has 1 aromatic rings. The molecule has 0 radical (unpaired) electrons. The fraction of sp³-hybridized carbons (Fsp3) is 0.786. The zero-order valence-electron chi connectivity index (χ0n) is 12.3. The molecule has 21 heavy (non-hydrogen) atoms. The van der Waals surface area contributed by atoms with Gasteiger partial charge in [-0.05, 0) is 32.1 Å². The van der Waals surface area contributed by atoms with Gasteiger partial charge in [-0.2, -0.15) is 0 Å². The van der Waals surface area contributed by atoms with Crippen LogP contribution in [0.4, 0.5) is 4.79 Å². The Balaban J connectivity index is 1.41. The molecular formula is C14H23N5O2. The topological polar surface area (TPSA) is 72.3 Å². The third kappa shape index (κ3) is 3.53. The van der Waals surface area contributed by atoms with Gasteiger partial charge >= 0.3 is 6.03 Å². The van der Waals surface area contributed by atoms with Crippen LogP contribution in [-0.2, 0) is 11.3 Å². The Labute approximate surface area is 124 Å². The smallest absolute Gasteiger partial charge is 0.317 e. The van der Waals surface area contributed by atoms with Gasteiger partial charge in [0.05, 0.1) is 18.3 Å². The summed E-state index contributed by atoms with van der Waals surface area (Å²) in [4.78, 5) is 14.3. The molecule has 2 aliphatic rings. The predicted octanol–water partition coefficient (Wildman–Crippen LogP) is 1.02. The van der Waals surface area contributed by atoms with Crippen molar-refractivity contribution >= 4 is 6.03 Å². The van der Waals surface area contributed by atoms with Crippen molar-refractivity contribution in [2.45, 2.75) is 50.8 Å². The molecule has 1 N–H and O–H groups in total. The quantitative estimate of drug-likeness (QED) is 0.823. The van der Waals surface area contributed by atoms with Crippen molar-refractivity contribution in [3.63, 3.8) is 0 Å². The highest BCUT2D eigenvalue weighted by molar-refractivity contribution is 5.74. The Bertz CT molecular complexity index is 444. The molecule has 2 saturated heterocycles. The summed E-state index contributed by atoms with van der Waals surface area (Å²) in [5.41, 5.74) is 0. The van der Waals surface area contributed by atoms with Gasteiger partial charge in [-0.1, -0.05) is 5.21 Å². The number of carbonyl (C=O) groups is 1. The lowest BCUT2D eigenvalue weighted by Gasteiger charge is -2.29. The molecule has 0 bridgehead atoms. The molecule has 1 aromatic heterocycles. The van der Waals surface area contributed by atoms with Crippen LogP contribution < -0.4 is 5.32 Å². The van der Waals surface area contributed by atoms with E-state index in [4.69, 9.17) is 4.74 Å². The Hall–Kier alpha value is -1.63. The molecule has 0 unspecified atom stereocenters. The van der Waals surface area contributed by atoms with Crippen LogP contribution >= 0.6 is 0 Å². The minimum atomic E-state index is 0.0478. The number of amides is 2. The average Bonchev–Trinajstić information content (AvgIpc) is 3.24. The highest BCUT2D eigenvalue weighted by Crippen LogP contribution is 2.27. The van der Waals surface area contributed by atoms with Crippen LogP contribution in [0.2, 0.25) is 0 Å². The zero-order chi connectivity index (χ0) is 14.5. The summed E-state index contributed by atoms with van der Waals surface area (Å²) in [5, 5.41) is 10.7. The van der Waals surface area contributed by atoms with Crippen LogP contribution in [0, 0.1) is 0 Å². The molecule has 7 heteroatoms. The van der Waals surface area contributed by atoms with Crippen molar-refractivity contribution in [2.24, 2.45) is 0 Å². The van der Waals surface area contributed by atoms with Crippen molar-refractivity contribution in [1.82, 2.24) is 25.2 Å². The van der Waals surface area contributed by atoms with E-state index in [1.165, 1.54) is 0 Å². The largest absolute Gasteiger partial charge is 0.376 e. The second-order valence-electron chi connectivity index (χ2n) is 5.71. The number of hydrogen-bond acceptors (Lipinski definition) is 4. The summed E-state index contributed by atoms with van der Waals surface area (Å²) >= 11 is 0. The van der Waals surface area contributed by atoms with Crippen molar-refractivity contribution in [1.29, 1.82) is 0 Å². The van der Waals surface area contributed by atoms with Gasteiger partial charge in [-0.3, -0.25) is 4.68 Å². The van der Waals surface area contributed by atoms with Gasteiger partial charge < -0.3 is 15.0 Å². The molecule has 3 rings (SSSR count). The molecule has 2 amide bonds. The van der Waals surface area contributed by atoms with Gasteiger partial charge in [0, 0.05) is 32.4 Å². The van der Waals surface area contributed by atoms with E-state index in [0.29, 0.717) is 6.54 Å². The lowest BCUT2D eigenvalue weighted by Crippen LogP contribution is -2.47. The third-order valence-electron chi connectivity index (χ3n) is 4.27. The highest BCUT2D eigenvalue weighted by Gasteiger charge is 2.36. The van der Waals surface area contributed by atoms with E-state index in [9.17, 15) is 4.79 Å². The summed E-state index contributed by atoms with van der Waals surface area (Å²) < 4.78 is 7.53. The van der Waals surface area contributed by atoms with Gasteiger partial charge in [0.1, 0.15) is 0 Å². The van der Waals surface area contributed by atoms with Gasteiger partial charge in [0.15, 0.2) is 0 Å². The number of likely N-dealkylation sites (tertiary alicyclic amines) is 1. The van der Waals surface area contributed by atoms with E-state index in [1.807, 2.05) is 11.1 Å². The number of rotatable bonds is 5. The van der Waals surface area contributed by atoms with Crippen LogP contribution in [0.3, 0.4) is 0 Å². The van der Waals surface area contributed by atoms with Gasteiger partial charge in [0.25, 0.3) is 0 Å². The molecule has 0 spiro atoms. The number of aryl methyl sites for hydroxylation is 1. The Kier molecular flexibility index (Phi) is 4.69. The Morgan fingerprint density at radius 3 is 3.10 bits per heavy atom. The number of urea groups is 1. The van der Waals surface area contributed by atoms with Gasteiger partial charge in [-0.15, -0.1) is 5.10 Å². The molecule has 2 fully saturated rings. The van der Waals surface area contributed by atoms with Crippen LogP contribution in [0.1, 0.15) is 32.1 Å². The maximum Gasteiger partial charge on any atom is 0.317 e. The van der Waals surface area contributed by atoms with Crippen LogP contribution in [-0.4, -0.2) is 57.8 Å². The van der Waals surface area contributed by atoms with E-state index >= 15 is 0 Å². The lowest BCUT2D eigenvalue weighted by atomic mass is 10.1. The Morgan fingerprint density at radius 2 is 2.33 bits per heavy atom. The van der Waals surface area contributed by atoms with E-state index < -0.39 is 0 Å². The second-order valence-corrected chi connectivity index (χ2v) is 5.71. The summed E-state index contributed by atoms with van der Waals surface area (Å²) in [5.74, 6) is 0. The lowest BCUT2D eigenvalue weighted by molar-refractivity contribution is 0.0521. The zero-order valence-corrected chi connectivity index (χ0v) is 12.3. The van der Waals surface area contributed by atoms with E-state index in [0.717, 1.165) is 51.8 Å². The first-order chi connectivity index (χ1) is 10.3. The van der Waals surface area contributed by atoms with Gasteiger partial charge in [-0.25, -0.2) is 4.79 Å². The predicted molar refractivity (Wildman–Crippen MR) is 76.7 cm³/mol. The van der Waals surface area contributed by atoms with E-state index in [1.54, 1.807) is 10.9 Å². The SMILES string of the molecule is O=C(NCCCn1ccnn1)N1CCC[C@@H]1[C@H]1CCCO1. The molecular weight excluding hydrogens is 270 g/mol. The maximum atomic E-state index is 12.3. The molecule has 0 saturated carbocycles. The summed E-state index contributed by atoms with van der Waals surface area (Å²) in [6, 6.07) is 0.314. The fourth-order valence-electron chi connectivity index (χ4n) is 3.23. The molecule has 7 nitrogen and oxygen atoms in total. The van der Waals surface area contributed by atoms with Crippen molar-refractivity contribution in [2.75, 3.05) is 19.7 Å². The maximum absolute atomic E-state index is 12.3. The number of nitrogens with zero attached hydrogens (tertiary/aromatic N) is 4. The minimum absolute atomic E-state index is 0.0478. The third-order valence-corrected chi connectivity index (χ3v) is 4.27. The number of ether oxygens (including phenoxy) is 1. The van der Waals surface area contributed by atoms with E-state index in [2.05, 4.69) is 15.6 Å². The van der Waals surface area contributed by atoms with Gasteiger partial charge in [0.2, 0.25) is 0 Å². The standard InChI is InChI=1S/C14H23N5O2/c20-14(15-6-3-8-18-10-7-16-17-18)19-9-1-4-12(19)13-5-2-11-21-13/h7,10,12-13H,1-6,8-9,11H2,(H,15,20)/t12-,13-/m1/s1. The van der Waals surface area contributed by atoms with E-state index in [-0.39, 0.29) is 18.2 Å². The highest BCUT2D eigenvalue weighted by atomic mass is 16.5. The van der Waals surface area contributed by atoms with Crippen molar-refractivity contribution < 1.29 is 9.53 Å². The number of carbonyl (C=O) groups excluding carboxylic acids is 1. The molecule has 2 atom stereocenters. The first-order valence-electron chi connectivity index (χ1n) is 7.85. The fourth-order valence-corrected chi connectivity index (χ4v) is 3.23. The number of nitrogens with one attached hydrogen (secondary N) is 1. The minimum Gasteiger partial charge on any atom is -0.376 e. The van der Waals surface area contributed by atoms with Crippen molar-refractivity contribution in [3.8, 4) is 0 Å². The Morgan fingerprint density at radius 1 is 1.38 bits per heavy atom. The molecule has 3 heterocycles. The second kappa shape index (κ2) is 6.89. The first kappa shape index (κ1) is 14.3. The normalized spacial score (nSPS) is 25.4. The summed E-state index contributed by atoms with van der Waals surface area (Å²) in [7, 11) is 0. The summed E-state index contributed by atoms with van der Waals surface area (Å²) in [6.45, 7) is 3.12. The number of hydrogen-bond donors (Lipinski definition) is 1. The number of aromatic nitrogens is 3. The van der Waals surface area contributed by atoms with Crippen LogP contribution in [0.5, 0.6) is 0 Å². The average molecular weight is 293 g/mol. The van der Waals surface area contributed by atoms with Crippen LogP contribution in [0.25, 0.3) is 0 Å². The first-order valence-corrected chi connectivity index (χ1v) is 7.85. The molecule has 0 aromatic carbocycles. The van der Waals surface area contributed by atoms with Crippen LogP contribution in [0.15, 0.2) is 12.4 Å². The van der Waals surface area contributed by atoms with Crippen molar-refractivity contribution in [3.05, 3.63) is 12.4 Å². The molecule has 2 aliphatic heterocycles. The summed E-state index contributed by atoms with van der Waals surface area (Å²) in [6.07, 6.45) is 8.94. The monoisotopic (exact) mass is 293 g/mol. The molecule has 0 aliphatic carbocycles. The molecule has 116 valence electrons.